The van der Waals surface area contributed by atoms with Gasteiger partial charge in [0.1, 0.15) is 16.7 Å². The van der Waals surface area contributed by atoms with Crippen LogP contribution in [-0.2, 0) is 0 Å². The van der Waals surface area contributed by atoms with Gasteiger partial charge >= 0.3 is 0 Å². The van der Waals surface area contributed by atoms with E-state index in [2.05, 4.69) is 31.4 Å². The minimum absolute atomic E-state index is 0.155. The van der Waals surface area contributed by atoms with Gasteiger partial charge in [-0.25, -0.2) is 4.98 Å². The number of phenolic OH excluding ortho intramolecular Hbond substituents is 1. The van der Waals surface area contributed by atoms with Crippen LogP contribution in [0.2, 0.25) is 5.15 Å². The van der Waals surface area contributed by atoms with Crippen LogP contribution in [0.4, 0.5) is 5.82 Å². The van der Waals surface area contributed by atoms with Crippen molar-refractivity contribution < 1.29 is 5.11 Å². The molecule has 0 radical (unpaired) electrons. The van der Waals surface area contributed by atoms with E-state index in [-0.39, 0.29) is 5.75 Å². The van der Waals surface area contributed by atoms with Crippen molar-refractivity contribution in [3.63, 3.8) is 0 Å². The van der Waals surface area contributed by atoms with E-state index in [9.17, 15) is 5.11 Å². The van der Waals surface area contributed by atoms with Crippen LogP contribution in [0.3, 0.4) is 0 Å². The van der Waals surface area contributed by atoms with Gasteiger partial charge < -0.3 is 5.11 Å². The van der Waals surface area contributed by atoms with E-state index in [0.717, 1.165) is 4.47 Å². The Morgan fingerprint density at radius 3 is 2.94 bits per heavy atom. The molecule has 1 aromatic heterocycles. The number of nitrogens with zero attached hydrogens (tertiary/aromatic N) is 2. The van der Waals surface area contributed by atoms with Gasteiger partial charge in [0, 0.05) is 10.0 Å². The van der Waals surface area contributed by atoms with Gasteiger partial charge in [-0.3, -0.25) is 5.43 Å². The number of anilines is 1. The van der Waals surface area contributed by atoms with E-state index in [1.807, 2.05) is 0 Å². The van der Waals surface area contributed by atoms with Crippen LogP contribution in [-0.4, -0.2) is 16.3 Å². The molecule has 0 saturated heterocycles. The maximum Gasteiger partial charge on any atom is 0.147 e. The summed E-state index contributed by atoms with van der Waals surface area (Å²) in [5.41, 5.74) is 3.32. The zero-order chi connectivity index (χ0) is 13.0. The number of phenols is 1. The molecule has 0 aliphatic rings. The Balaban J connectivity index is 2.10. The third kappa shape index (κ3) is 3.45. The summed E-state index contributed by atoms with van der Waals surface area (Å²) in [6.45, 7) is 0. The Morgan fingerprint density at radius 2 is 2.17 bits per heavy atom. The average molecular weight is 327 g/mol. The van der Waals surface area contributed by atoms with Crippen molar-refractivity contribution in [1.82, 2.24) is 4.98 Å². The van der Waals surface area contributed by atoms with Crippen molar-refractivity contribution in [3.8, 4) is 5.75 Å². The lowest BCUT2D eigenvalue weighted by Crippen LogP contribution is -1.93. The van der Waals surface area contributed by atoms with Gasteiger partial charge in [-0.1, -0.05) is 33.6 Å². The van der Waals surface area contributed by atoms with E-state index >= 15 is 0 Å². The van der Waals surface area contributed by atoms with E-state index in [4.69, 9.17) is 11.6 Å². The first-order valence-corrected chi connectivity index (χ1v) is 6.22. The second kappa shape index (κ2) is 5.84. The first-order chi connectivity index (χ1) is 8.65. The molecule has 0 spiro atoms. The van der Waals surface area contributed by atoms with Crippen LogP contribution in [0.25, 0.3) is 0 Å². The topological polar surface area (TPSA) is 57.5 Å². The highest BCUT2D eigenvalue weighted by molar-refractivity contribution is 9.10. The van der Waals surface area contributed by atoms with Crippen molar-refractivity contribution >= 4 is 39.6 Å². The van der Waals surface area contributed by atoms with E-state index in [1.54, 1.807) is 36.4 Å². The lowest BCUT2D eigenvalue weighted by Gasteiger charge is -2.01. The zero-order valence-corrected chi connectivity index (χ0v) is 11.5. The molecule has 2 N–H and O–H groups in total. The summed E-state index contributed by atoms with van der Waals surface area (Å²) in [6.07, 6.45) is 1.50. The second-order valence-electron chi connectivity index (χ2n) is 3.42. The van der Waals surface area contributed by atoms with Crippen LogP contribution in [0.15, 0.2) is 46.0 Å². The van der Waals surface area contributed by atoms with Crippen molar-refractivity contribution in [2.75, 3.05) is 5.43 Å². The molecule has 92 valence electrons. The Bertz CT molecular complexity index is 589. The molecule has 0 amide bonds. The van der Waals surface area contributed by atoms with E-state index < -0.39 is 0 Å². The highest BCUT2D eigenvalue weighted by Gasteiger charge is 1.98. The summed E-state index contributed by atoms with van der Waals surface area (Å²) in [7, 11) is 0. The predicted molar refractivity (Wildman–Crippen MR) is 76.3 cm³/mol. The fourth-order valence-electron chi connectivity index (χ4n) is 1.27. The van der Waals surface area contributed by atoms with Crippen molar-refractivity contribution in [2.45, 2.75) is 0 Å². The molecule has 0 bridgehead atoms. The van der Waals surface area contributed by atoms with E-state index in [0.29, 0.717) is 16.5 Å². The molecule has 2 aromatic rings. The summed E-state index contributed by atoms with van der Waals surface area (Å²) in [5.74, 6) is 0.691. The van der Waals surface area contributed by atoms with Gasteiger partial charge in [0.15, 0.2) is 0 Å². The third-order valence-electron chi connectivity index (χ3n) is 2.09. The minimum atomic E-state index is 0.155. The monoisotopic (exact) mass is 325 g/mol. The number of aromatic hydroxyl groups is 1. The number of hydrogen-bond donors (Lipinski definition) is 2. The molecule has 0 aliphatic heterocycles. The molecule has 0 aliphatic carbocycles. The Morgan fingerprint density at radius 1 is 1.33 bits per heavy atom. The Kier molecular flexibility index (Phi) is 4.17. The lowest BCUT2D eigenvalue weighted by molar-refractivity contribution is 0.474. The molecule has 0 atom stereocenters. The number of halogens is 2. The molecule has 0 saturated carbocycles. The normalized spacial score (nSPS) is 10.8. The highest BCUT2D eigenvalue weighted by Crippen LogP contribution is 2.20. The van der Waals surface area contributed by atoms with Gasteiger partial charge in [-0.2, -0.15) is 5.10 Å². The lowest BCUT2D eigenvalue weighted by atomic mass is 10.2. The molecule has 1 aromatic carbocycles. The SMILES string of the molecule is Oc1ccc(Br)cc1C=NNc1cccc(Cl)n1. The largest absolute Gasteiger partial charge is 0.507 e. The summed E-state index contributed by atoms with van der Waals surface area (Å²) in [5, 5.41) is 14.0. The van der Waals surface area contributed by atoms with Crippen LogP contribution < -0.4 is 5.43 Å². The maximum absolute atomic E-state index is 9.60. The van der Waals surface area contributed by atoms with Gasteiger partial charge in [0.05, 0.1) is 6.21 Å². The highest BCUT2D eigenvalue weighted by atomic mass is 79.9. The van der Waals surface area contributed by atoms with Crippen LogP contribution in [0, 0.1) is 0 Å². The van der Waals surface area contributed by atoms with Crippen molar-refractivity contribution in [1.29, 1.82) is 0 Å². The molecule has 4 nitrogen and oxygen atoms in total. The molecule has 0 fully saturated rings. The van der Waals surface area contributed by atoms with Gasteiger partial charge in [0.2, 0.25) is 0 Å². The molecule has 1 heterocycles. The molecule has 2 rings (SSSR count). The fraction of sp³-hybridized carbons (Fsp3) is 0. The van der Waals surface area contributed by atoms with E-state index in [1.165, 1.54) is 6.21 Å². The van der Waals surface area contributed by atoms with Crippen molar-refractivity contribution in [3.05, 3.63) is 51.6 Å². The summed E-state index contributed by atoms with van der Waals surface area (Å²) < 4.78 is 0.864. The number of aromatic nitrogens is 1. The smallest absolute Gasteiger partial charge is 0.147 e. The van der Waals surface area contributed by atoms with Crippen LogP contribution >= 0.6 is 27.5 Å². The average Bonchev–Trinajstić information content (AvgIpc) is 2.34. The third-order valence-corrected chi connectivity index (χ3v) is 2.79. The van der Waals surface area contributed by atoms with Gasteiger partial charge in [0.25, 0.3) is 0 Å². The number of benzene rings is 1. The first kappa shape index (κ1) is 12.9. The number of pyridine rings is 1. The standard InChI is InChI=1S/C12H9BrClN3O/c13-9-4-5-10(18)8(6-9)7-15-17-12-3-1-2-11(14)16-12/h1-7,18H,(H,16,17). The molecular formula is C12H9BrClN3O. The zero-order valence-electron chi connectivity index (χ0n) is 9.14. The summed E-state index contributed by atoms with van der Waals surface area (Å²) >= 11 is 9.06. The quantitative estimate of drug-likeness (QED) is 0.514. The number of nitrogens with one attached hydrogen (secondary N) is 1. The molecular weight excluding hydrogens is 318 g/mol. The minimum Gasteiger partial charge on any atom is -0.507 e. The fourth-order valence-corrected chi connectivity index (χ4v) is 1.81. The summed E-state index contributed by atoms with van der Waals surface area (Å²) in [6, 6.07) is 10.3. The van der Waals surface area contributed by atoms with Crippen molar-refractivity contribution in [2.24, 2.45) is 5.10 Å². The Hall–Kier alpha value is -1.59. The molecule has 18 heavy (non-hydrogen) atoms. The second-order valence-corrected chi connectivity index (χ2v) is 4.72. The number of hydrogen-bond acceptors (Lipinski definition) is 4. The molecule has 0 unspecified atom stereocenters. The summed E-state index contributed by atoms with van der Waals surface area (Å²) in [4.78, 5) is 4.01. The van der Waals surface area contributed by atoms with Crippen LogP contribution in [0.5, 0.6) is 5.75 Å². The first-order valence-electron chi connectivity index (χ1n) is 5.05. The predicted octanol–water partition coefficient (Wildman–Crippen LogP) is 3.65. The van der Waals surface area contributed by atoms with Crippen LogP contribution in [0.1, 0.15) is 5.56 Å². The Labute approximate surface area is 117 Å². The van der Waals surface area contributed by atoms with Gasteiger partial charge in [-0.15, -0.1) is 0 Å². The number of hydrazone groups is 1. The van der Waals surface area contributed by atoms with Gasteiger partial charge in [-0.05, 0) is 30.3 Å². The number of rotatable bonds is 3. The molecule has 6 heteroatoms. The maximum atomic E-state index is 9.60.